The molecule has 1 aromatic heterocycles. The monoisotopic (exact) mass is 214 g/mol. The molecule has 15 heavy (non-hydrogen) atoms. The van der Waals surface area contributed by atoms with Crippen LogP contribution in [0.4, 0.5) is 11.5 Å². The van der Waals surface area contributed by atoms with Crippen LogP contribution in [-0.2, 0) is 13.0 Å². The molecule has 1 rings (SSSR count). The van der Waals surface area contributed by atoms with Crippen LogP contribution in [0.5, 0.6) is 0 Å². The van der Waals surface area contributed by atoms with Crippen molar-refractivity contribution in [2.75, 3.05) is 12.3 Å². The predicted molar refractivity (Wildman–Crippen MR) is 54.4 cm³/mol. The normalized spacial score (nSPS) is 10.5. The molecule has 1 aromatic rings. The molecule has 0 radical (unpaired) electrons. The van der Waals surface area contributed by atoms with Crippen molar-refractivity contribution in [3.63, 3.8) is 0 Å². The minimum Gasteiger partial charge on any atom is -0.394 e. The fraction of sp³-hybridized carbons (Fsp3) is 0.625. The standard InChI is InChI=1S/C8H14N4O3/c1-2-3-6-7(12(14)15)8(9)11(10-6)4-5-13/h13H,2-5,9H2,1H3. The van der Waals surface area contributed by atoms with Gasteiger partial charge in [-0.1, -0.05) is 13.3 Å². The number of aromatic nitrogens is 2. The maximum atomic E-state index is 10.7. The molecule has 0 aromatic carbocycles. The third kappa shape index (κ3) is 2.24. The first-order valence-corrected chi connectivity index (χ1v) is 4.72. The van der Waals surface area contributed by atoms with E-state index in [-0.39, 0.29) is 24.7 Å². The van der Waals surface area contributed by atoms with Gasteiger partial charge in [-0.05, 0) is 6.42 Å². The van der Waals surface area contributed by atoms with Crippen molar-refractivity contribution in [3.05, 3.63) is 15.8 Å². The van der Waals surface area contributed by atoms with E-state index in [1.165, 1.54) is 4.68 Å². The summed E-state index contributed by atoms with van der Waals surface area (Å²) in [5, 5.41) is 23.5. The number of hydrogen-bond donors (Lipinski definition) is 2. The average Bonchev–Trinajstić information content (AvgIpc) is 2.45. The Morgan fingerprint density at radius 3 is 2.80 bits per heavy atom. The zero-order valence-electron chi connectivity index (χ0n) is 8.51. The minimum absolute atomic E-state index is 0.0116. The lowest BCUT2D eigenvalue weighted by Crippen LogP contribution is -2.08. The number of nitrogen functional groups attached to an aromatic ring is 1. The molecule has 0 bridgehead atoms. The van der Waals surface area contributed by atoms with E-state index in [0.29, 0.717) is 12.1 Å². The molecule has 7 heteroatoms. The van der Waals surface area contributed by atoms with Crippen molar-refractivity contribution >= 4 is 11.5 Å². The van der Waals surface area contributed by atoms with Crippen molar-refractivity contribution in [2.45, 2.75) is 26.3 Å². The van der Waals surface area contributed by atoms with Crippen molar-refractivity contribution < 1.29 is 10.0 Å². The first-order valence-electron chi connectivity index (χ1n) is 4.72. The summed E-state index contributed by atoms with van der Waals surface area (Å²) in [6.45, 7) is 1.94. The summed E-state index contributed by atoms with van der Waals surface area (Å²) in [6, 6.07) is 0. The molecule has 0 aliphatic rings. The summed E-state index contributed by atoms with van der Waals surface area (Å²) in [5.41, 5.74) is 5.82. The second-order valence-electron chi connectivity index (χ2n) is 3.13. The number of anilines is 1. The molecule has 0 aliphatic heterocycles. The molecule has 84 valence electrons. The predicted octanol–water partition coefficient (Wildman–Crippen LogP) is 0.318. The second-order valence-corrected chi connectivity index (χ2v) is 3.13. The first kappa shape index (κ1) is 11.4. The highest BCUT2D eigenvalue weighted by atomic mass is 16.6. The Morgan fingerprint density at radius 2 is 2.33 bits per heavy atom. The maximum absolute atomic E-state index is 10.7. The van der Waals surface area contributed by atoms with E-state index in [2.05, 4.69) is 5.10 Å². The fourth-order valence-corrected chi connectivity index (χ4v) is 1.39. The van der Waals surface area contributed by atoms with E-state index < -0.39 is 4.92 Å². The molecule has 0 atom stereocenters. The highest BCUT2D eigenvalue weighted by Gasteiger charge is 2.24. The van der Waals surface area contributed by atoms with Gasteiger partial charge >= 0.3 is 5.69 Å². The third-order valence-corrected chi connectivity index (χ3v) is 2.02. The van der Waals surface area contributed by atoms with Crippen molar-refractivity contribution in [1.29, 1.82) is 0 Å². The Labute approximate surface area is 86.7 Å². The van der Waals surface area contributed by atoms with E-state index in [1.54, 1.807) is 0 Å². The Kier molecular flexibility index (Phi) is 3.62. The van der Waals surface area contributed by atoms with Gasteiger partial charge in [0.1, 0.15) is 5.69 Å². The molecule has 0 unspecified atom stereocenters. The molecule has 0 saturated heterocycles. The summed E-state index contributed by atoms with van der Waals surface area (Å²) in [6.07, 6.45) is 1.27. The van der Waals surface area contributed by atoms with Gasteiger partial charge in [-0.2, -0.15) is 5.10 Å². The number of aliphatic hydroxyl groups is 1. The fourth-order valence-electron chi connectivity index (χ4n) is 1.39. The van der Waals surface area contributed by atoms with Gasteiger partial charge in [0.25, 0.3) is 0 Å². The Balaban J connectivity index is 3.13. The van der Waals surface area contributed by atoms with Gasteiger partial charge in [-0.15, -0.1) is 0 Å². The third-order valence-electron chi connectivity index (χ3n) is 2.02. The first-order chi connectivity index (χ1) is 7.11. The molecule has 0 amide bonds. The van der Waals surface area contributed by atoms with Crippen molar-refractivity contribution in [2.24, 2.45) is 0 Å². The zero-order chi connectivity index (χ0) is 11.4. The number of aliphatic hydroxyl groups excluding tert-OH is 1. The van der Waals surface area contributed by atoms with Crippen LogP contribution in [0.1, 0.15) is 19.0 Å². The van der Waals surface area contributed by atoms with E-state index in [0.717, 1.165) is 6.42 Å². The highest BCUT2D eigenvalue weighted by molar-refractivity contribution is 5.56. The van der Waals surface area contributed by atoms with Crippen LogP contribution < -0.4 is 5.73 Å². The van der Waals surface area contributed by atoms with Crippen LogP contribution in [0.2, 0.25) is 0 Å². The number of hydrogen-bond acceptors (Lipinski definition) is 5. The molecule has 0 saturated carbocycles. The molecule has 3 N–H and O–H groups in total. The quantitative estimate of drug-likeness (QED) is 0.542. The van der Waals surface area contributed by atoms with Crippen LogP contribution in [0.3, 0.4) is 0 Å². The molecule has 1 heterocycles. The van der Waals surface area contributed by atoms with E-state index in [1.807, 2.05) is 6.92 Å². The lowest BCUT2D eigenvalue weighted by Gasteiger charge is -1.97. The Bertz CT molecular complexity index is 361. The van der Waals surface area contributed by atoms with Gasteiger partial charge in [-0.3, -0.25) is 10.1 Å². The van der Waals surface area contributed by atoms with Gasteiger partial charge in [-0.25, -0.2) is 4.68 Å². The topological polar surface area (TPSA) is 107 Å². The van der Waals surface area contributed by atoms with Gasteiger partial charge in [0.15, 0.2) is 0 Å². The van der Waals surface area contributed by atoms with Gasteiger partial charge in [0, 0.05) is 0 Å². The zero-order valence-corrected chi connectivity index (χ0v) is 8.51. The molecule has 0 spiro atoms. The van der Waals surface area contributed by atoms with E-state index in [4.69, 9.17) is 10.8 Å². The van der Waals surface area contributed by atoms with Crippen molar-refractivity contribution in [1.82, 2.24) is 9.78 Å². The van der Waals surface area contributed by atoms with Crippen molar-refractivity contribution in [3.8, 4) is 0 Å². The van der Waals surface area contributed by atoms with Crippen LogP contribution in [0.25, 0.3) is 0 Å². The summed E-state index contributed by atoms with van der Waals surface area (Å²) in [5.74, 6) is 0.0116. The summed E-state index contributed by atoms with van der Waals surface area (Å²) in [4.78, 5) is 10.2. The Hall–Kier alpha value is -1.63. The number of nitrogens with zero attached hydrogens (tertiary/aromatic N) is 3. The second kappa shape index (κ2) is 4.74. The van der Waals surface area contributed by atoms with Gasteiger partial charge < -0.3 is 10.8 Å². The van der Waals surface area contributed by atoms with Crippen LogP contribution in [-0.4, -0.2) is 26.4 Å². The van der Waals surface area contributed by atoms with E-state index >= 15 is 0 Å². The summed E-state index contributed by atoms with van der Waals surface area (Å²) >= 11 is 0. The van der Waals surface area contributed by atoms with Crippen LogP contribution in [0, 0.1) is 10.1 Å². The largest absolute Gasteiger partial charge is 0.394 e. The maximum Gasteiger partial charge on any atom is 0.333 e. The number of rotatable bonds is 5. The smallest absolute Gasteiger partial charge is 0.333 e. The van der Waals surface area contributed by atoms with Crippen LogP contribution in [0.15, 0.2) is 0 Å². The molecular formula is C8H14N4O3. The summed E-state index contributed by atoms with van der Waals surface area (Å²) < 4.78 is 1.27. The van der Waals surface area contributed by atoms with E-state index in [9.17, 15) is 10.1 Å². The average molecular weight is 214 g/mol. The van der Waals surface area contributed by atoms with Crippen LogP contribution >= 0.6 is 0 Å². The summed E-state index contributed by atoms with van der Waals surface area (Å²) in [7, 11) is 0. The minimum atomic E-state index is -0.527. The number of aryl methyl sites for hydroxylation is 1. The molecular weight excluding hydrogens is 200 g/mol. The highest BCUT2D eigenvalue weighted by Crippen LogP contribution is 2.26. The number of nitro groups is 1. The molecule has 7 nitrogen and oxygen atoms in total. The SMILES string of the molecule is CCCc1nn(CCO)c(N)c1[N+](=O)[O-]. The van der Waals surface area contributed by atoms with Gasteiger partial charge in [0.05, 0.1) is 18.1 Å². The number of nitrogens with two attached hydrogens (primary N) is 1. The lowest BCUT2D eigenvalue weighted by atomic mass is 10.2. The molecule has 0 fully saturated rings. The Morgan fingerprint density at radius 1 is 1.67 bits per heavy atom. The molecule has 0 aliphatic carbocycles. The lowest BCUT2D eigenvalue weighted by molar-refractivity contribution is -0.384. The van der Waals surface area contributed by atoms with Gasteiger partial charge in [0.2, 0.25) is 5.82 Å².